The molecule has 0 spiro atoms. The largest absolute Gasteiger partial charge is 0.355 e. The van der Waals surface area contributed by atoms with E-state index in [1.165, 1.54) is 0 Å². The van der Waals surface area contributed by atoms with Crippen LogP contribution in [-0.4, -0.2) is 18.4 Å². The zero-order valence-corrected chi connectivity index (χ0v) is 15.9. The molecule has 3 aromatic rings. The van der Waals surface area contributed by atoms with Crippen LogP contribution >= 0.6 is 0 Å². The van der Waals surface area contributed by atoms with Gasteiger partial charge in [-0.15, -0.1) is 0 Å². The van der Waals surface area contributed by atoms with Gasteiger partial charge in [0.25, 0.3) is 0 Å². The topological polar surface area (TPSA) is 58.2 Å². The van der Waals surface area contributed by atoms with Crippen LogP contribution in [0.2, 0.25) is 0 Å². The van der Waals surface area contributed by atoms with E-state index in [9.17, 15) is 9.59 Å². The first-order valence-electron chi connectivity index (χ1n) is 9.38. The summed E-state index contributed by atoms with van der Waals surface area (Å²) >= 11 is 0. The van der Waals surface area contributed by atoms with Gasteiger partial charge in [0.2, 0.25) is 11.8 Å². The fraction of sp³-hybridized carbons (Fsp3) is 0.167. The van der Waals surface area contributed by atoms with Crippen molar-refractivity contribution >= 4 is 17.5 Å². The standard InChI is InChI=1S/C24H24N2O2/c1-18-10-8-9-15-21(18)26-22(27)16-17-25-24(28)23(19-11-4-2-5-12-19)20-13-6-3-7-14-20/h2-15,23H,16-17H2,1H3,(H,25,28)(H,26,27). The molecule has 0 atom stereocenters. The van der Waals surface area contributed by atoms with E-state index >= 15 is 0 Å². The summed E-state index contributed by atoms with van der Waals surface area (Å²) in [6.45, 7) is 2.23. The van der Waals surface area contributed by atoms with Gasteiger partial charge in [0.05, 0.1) is 5.92 Å². The summed E-state index contributed by atoms with van der Waals surface area (Å²) < 4.78 is 0. The normalized spacial score (nSPS) is 10.5. The van der Waals surface area contributed by atoms with Crippen LogP contribution in [0.5, 0.6) is 0 Å². The highest BCUT2D eigenvalue weighted by Crippen LogP contribution is 2.24. The first kappa shape index (κ1) is 19.4. The summed E-state index contributed by atoms with van der Waals surface area (Å²) in [7, 11) is 0. The second kappa shape index (κ2) is 9.51. The molecule has 0 saturated heterocycles. The number of carbonyl (C=O) groups is 2. The maximum atomic E-state index is 12.9. The molecule has 0 aliphatic carbocycles. The van der Waals surface area contributed by atoms with Gasteiger partial charge in [-0.25, -0.2) is 0 Å². The van der Waals surface area contributed by atoms with Crippen LogP contribution in [0.15, 0.2) is 84.9 Å². The van der Waals surface area contributed by atoms with Crippen LogP contribution in [0.25, 0.3) is 0 Å². The van der Waals surface area contributed by atoms with Crippen molar-refractivity contribution in [3.05, 3.63) is 102 Å². The van der Waals surface area contributed by atoms with Gasteiger partial charge in [0.1, 0.15) is 0 Å². The first-order chi connectivity index (χ1) is 13.6. The number of para-hydroxylation sites is 1. The molecule has 3 rings (SSSR count). The van der Waals surface area contributed by atoms with Gasteiger partial charge in [-0.1, -0.05) is 78.9 Å². The molecule has 0 saturated carbocycles. The van der Waals surface area contributed by atoms with Crippen LogP contribution in [0.3, 0.4) is 0 Å². The fourth-order valence-electron chi connectivity index (χ4n) is 3.11. The quantitative estimate of drug-likeness (QED) is 0.651. The van der Waals surface area contributed by atoms with Crippen molar-refractivity contribution in [2.24, 2.45) is 0 Å². The van der Waals surface area contributed by atoms with E-state index in [4.69, 9.17) is 0 Å². The number of amides is 2. The highest BCUT2D eigenvalue weighted by atomic mass is 16.2. The monoisotopic (exact) mass is 372 g/mol. The Morgan fingerprint density at radius 3 is 1.89 bits per heavy atom. The summed E-state index contributed by atoms with van der Waals surface area (Å²) in [5.41, 5.74) is 3.66. The lowest BCUT2D eigenvalue weighted by Gasteiger charge is -2.18. The van der Waals surface area contributed by atoms with Crippen molar-refractivity contribution in [1.82, 2.24) is 5.32 Å². The average Bonchev–Trinajstić information content (AvgIpc) is 2.71. The molecule has 3 aromatic carbocycles. The molecule has 4 heteroatoms. The number of benzene rings is 3. The van der Waals surface area contributed by atoms with Crippen molar-refractivity contribution in [3.63, 3.8) is 0 Å². The van der Waals surface area contributed by atoms with Crippen LogP contribution in [0, 0.1) is 6.92 Å². The van der Waals surface area contributed by atoms with E-state index in [1.807, 2.05) is 91.9 Å². The van der Waals surface area contributed by atoms with Gasteiger partial charge in [0, 0.05) is 18.7 Å². The molecule has 0 unspecified atom stereocenters. The maximum absolute atomic E-state index is 12.9. The zero-order valence-electron chi connectivity index (χ0n) is 15.9. The molecule has 0 aromatic heterocycles. The highest BCUT2D eigenvalue weighted by molar-refractivity contribution is 5.92. The fourth-order valence-corrected chi connectivity index (χ4v) is 3.11. The number of anilines is 1. The molecule has 0 aliphatic heterocycles. The third-order valence-corrected chi connectivity index (χ3v) is 4.60. The number of aryl methyl sites for hydroxylation is 1. The smallest absolute Gasteiger partial charge is 0.232 e. The Morgan fingerprint density at radius 2 is 1.32 bits per heavy atom. The molecule has 2 N–H and O–H groups in total. The molecule has 0 aliphatic rings. The van der Waals surface area contributed by atoms with Crippen molar-refractivity contribution in [2.75, 3.05) is 11.9 Å². The molecule has 28 heavy (non-hydrogen) atoms. The van der Waals surface area contributed by atoms with E-state index in [0.29, 0.717) is 0 Å². The van der Waals surface area contributed by atoms with Crippen molar-refractivity contribution in [2.45, 2.75) is 19.3 Å². The van der Waals surface area contributed by atoms with Gasteiger partial charge >= 0.3 is 0 Å². The van der Waals surface area contributed by atoms with Crippen LogP contribution in [0.1, 0.15) is 29.0 Å². The predicted molar refractivity (Wildman–Crippen MR) is 112 cm³/mol. The molecular weight excluding hydrogens is 348 g/mol. The van der Waals surface area contributed by atoms with Crippen molar-refractivity contribution < 1.29 is 9.59 Å². The Kier molecular flexibility index (Phi) is 6.58. The summed E-state index contributed by atoms with van der Waals surface area (Å²) in [6, 6.07) is 27.0. The Labute approximate surface area is 165 Å². The molecule has 0 bridgehead atoms. The van der Waals surface area contributed by atoms with Gasteiger partial charge in [-0.3, -0.25) is 9.59 Å². The lowest BCUT2D eigenvalue weighted by atomic mass is 9.90. The SMILES string of the molecule is Cc1ccccc1NC(=O)CCNC(=O)C(c1ccccc1)c1ccccc1. The predicted octanol–water partition coefficient (Wildman–Crippen LogP) is 4.27. The van der Waals surface area contributed by atoms with Crippen molar-refractivity contribution in [3.8, 4) is 0 Å². The third-order valence-electron chi connectivity index (χ3n) is 4.60. The van der Waals surface area contributed by atoms with Crippen LogP contribution in [0.4, 0.5) is 5.69 Å². The Morgan fingerprint density at radius 1 is 0.786 bits per heavy atom. The van der Waals surface area contributed by atoms with Crippen LogP contribution < -0.4 is 10.6 Å². The number of hydrogen-bond acceptors (Lipinski definition) is 2. The number of hydrogen-bond donors (Lipinski definition) is 2. The highest BCUT2D eigenvalue weighted by Gasteiger charge is 2.22. The Hall–Kier alpha value is -3.40. The van der Waals surface area contributed by atoms with Gasteiger partial charge in [0.15, 0.2) is 0 Å². The molecular formula is C24H24N2O2. The zero-order chi connectivity index (χ0) is 19.8. The number of nitrogens with one attached hydrogen (secondary N) is 2. The van der Waals surface area contributed by atoms with Crippen molar-refractivity contribution in [1.29, 1.82) is 0 Å². The van der Waals surface area contributed by atoms with E-state index < -0.39 is 5.92 Å². The Balaban J connectivity index is 1.61. The lowest BCUT2D eigenvalue weighted by Crippen LogP contribution is -2.32. The second-order valence-electron chi connectivity index (χ2n) is 6.66. The summed E-state index contributed by atoms with van der Waals surface area (Å²) in [4.78, 5) is 25.1. The van der Waals surface area contributed by atoms with Gasteiger partial charge < -0.3 is 10.6 Å². The summed E-state index contributed by atoms with van der Waals surface area (Å²) in [6.07, 6.45) is 0.219. The number of carbonyl (C=O) groups excluding carboxylic acids is 2. The minimum atomic E-state index is -0.401. The minimum Gasteiger partial charge on any atom is -0.355 e. The Bertz CT molecular complexity index is 884. The minimum absolute atomic E-state index is 0.110. The first-order valence-corrected chi connectivity index (χ1v) is 9.38. The summed E-state index contributed by atoms with van der Waals surface area (Å²) in [5, 5.41) is 5.80. The van der Waals surface area contributed by atoms with Gasteiger partial charge in [-0.05, 0) is 29.7 Å². The van der Waals surface area contributed by atoms with E-state index in [0.717, 1.165) is 22.4 Å². The second-order valence-corrected chi connectivity index (χ2v) is 6.66. The average molecular weight is 372 g/mol. The molecule has 0 fully saturated rings. The molecule has 0 radical (unpaired) electrons. The lowest BCUT2D eigenvalue weighted by molar-refractivity contribution is -0.121. The molecule has 2 amide bonds. The third kappa shape index (κ3) is 5.07. The van der Waals surface area contributed by atoms with Gasteiger partial charge in [-0.2, -0.15) is 0 Å². The maximum Gasteiger partial charge on any atom is 0.232 e. The van der Waals surface area contributed by atoms with E-state index in [2.05, 4.69) is 10.6 Å². The molecule has 0 heterocycles. The van der Waals surface area contributed by atoms with E-state index in [1.54, 1.807) is 0 Å². The molecule has 4 nitrogen and oxygen atoms in total. The van der Waals surface area contributed by atoms with E-state index in [-0.39, 0.29) is 24.8 Å². The summed E-state index contributed by atoms with van der Waals surface area (Å²) in [5.74, 6) is -0.631. The number of rotatable bonds is 7. The van der Waals surface area contributed by atoms with Crippen LogP contribution in [-0.2, 0) is 9.59 Å². The molecule has 142 valence electrons.